The van der Waals surface area contributed by atoms with Gasteiger partial charge in [0.1, 0.15) is 0 Å². The maximum atomic E-state index is 10.7. The van der Waals surface area contributed by atoms with Gasteiger partial charge in [-0.2, -0.15) is 0 Å². The molecule has 0 aliphatic carbocycles. The third-order valence-electron chi connectivity index (χ3n) is 1.99. The molecule has 0 heterocycles. The first-order valence-electron chi connectivity index (χ1n) is 4.93. The Morgan fingerprint density at radius 3 is 2.21 bits per heavy atom. The molecular weight excluding hydrogens is 184 g/mol. The molecule has 1 N–H and O–H groups in total. The highest BCUT2D eigenvalue weighted by atomic mass is 16.5. The Kier molecular flexibility index (Phi) is 8.13. The van der Waals surface area contributed by atoms with Gasteiger partial charge in [-0.05, 0) is 12.8 Å². The SMILES string of the molecule is COCCCCCCCC(=O)C(=O)O. The second-order valence-electron chi connectivity index (χ2n) is 3.24. The number of hydrogen-bond acceptors (Lipinski definition) is 3. The van der Waals surface area contributed by atoms with E-state index in [2.05, 4.69) is 0 Å². The minimum Gasteiger partial charge on any atom is -0.476 e. The molecule has 0 fully saturated rings. The zero-order valence-electron chi connectivity index (χ0n) is 8.62. The van der Waals surface area contributed by atoms with E-state index in [1.807, 2.05) is 0 Å². The fraction of sp³-hybridized carbons (Fsp3) is 0.800. The molecule has 0 saturated heterocycles. The summed E-state index contributed by atoms with van der Waals surface area (Å²) in [4.78, 5) is 20.8. The maximum absolute atomic E-state index is 10.7. The fourth-order valence-electron chi connectivity index (χ4n) is 1.17. The first kappa shape index (κ1) is 13.1. The highest BCUT2D eigenvalue weighted by Gasteiger charge is 2.09. The molecule has 0 saturated carbocycles. The van der Waals surface area contributed by atoms with Crippen molar-refractivity contribution in [1.82, 2.24) is 0 Å². The zero-order valence-corrected chi connectivity index (χ0v) is 8.62. The van der Waals surface area contributed by atoms with Gasteiger partial charge in [0.15, 0.2) is 0 Å². The average Bonchev–Trinajstić information content (AvgIpc) is 2.16. The van der Waals surface area contributed by atoms with Crippen LogP contribution < -0.4 is 0 Å². The summed E-state index contributed by atoms with van der Waals surface area (Å²) < 4.78 is 4.89. The second-order valence-corrected chi connectivity index (χ2v) is 3.24. The predicted octanol–water partition coefficient (Wildman–Crippen LogP) is 1.63. The van der Waals surface area contributed by atoms with E-state index in [1.165, 1.54) is 0 Å². The second kappa shape index (κ2) is 8.69. The van der Waals surface area contributed by atoms with E-state index < -0.39 is 11.8 Å². The molecule has 0 aromatic rings. The summed E-state index contributed by atoms with van der Waals surface area (Å²) in [7, 11) is 1.67. The molecule has 0 aliphatic rings. The Morgan fingerprint density at radius 1 is 1.07 bits per heavy atom. The van der Waals surface area contributed by atoms with Crippen LogP contribution in [-0.4, -0.2) is 30.6 Å². The molecule has 4 nitrogen and oxygen atoms in total. The summed E-state index contributed by atoms with van der Waals surface area (Å²) in [6.45, 7) is 0.772. The molecule has 4 heteroatoms. The van der Waals surface area contributed by atoms with Crippen molar-refractivity contribution >= 4 is 11.8 Å². The van der Waals surface area contributed by atoms with Crippen molar-refractivity contribution < 1.29 is 19.4 Å². The van der Waals surface area contributed by atoms with Crippen LogP contribution >= 0.6 is 0 Å². The molecule has 0 radical (unpaired) electrons. The summed E-state index contributed by atoms with van der Waals surface area (Å²) >= 11 is 0. The number of aliphatic carboxylic acids is 1. The highest BCUT2D eigenvalue weighted by Crippen LogP contribution is 2.05. The molecule has 0 atom stereocenters. The summed E-state index contributed by atoms with van der Waals surface area (Å²) in [5.41, 5.74) is 0. The van der Waals surface area contributed by atoms with Crippen molar-refractivity contribution in [2.75, 3.05) is 13.7 Å². The van der Waals surface area contributed by atoms with Crippen LogP contribution in [0.5, 0.6) is 0 Å². The number of carbonyl (C=O) groups excluding carboxylic acids is 1. The number of unbranched alkanes of at least 4 members (excludes halogenated alkanes) is 4. The van der Waals surface area contributed by atoms with Crippen LogP contribution in [0.25, 0.3) is 0 Å². The number of rotatable bonds is 9. The molecule has 0 bridgehead atoms. The summed E-state index contributed by atoms with van der Waals surface area (Å²) in [6.07, 6.45) is 4.91. The average molecular weight is 202 g/mol. The largest absolute Gasteiger partial charge is 0.476 e. The van der Waals surface area contributed by atoms with E-state index in [-0.39, 0.29) is 6.42 Å². The molecule has 0 spiro atoms. The van der Waals surface area contributed by atoms with Crippen LogP contribution in [0.4, 0.5) is 0 Å². The van der Waals surface area contributed by atoms with Crippen molar-refractivity contribution in [3.05, 3.63) is 0 Å². The van der Waals surface area contributed by atoms with Gasteiger partial charge in [0.2, 0.25) is 5.78 Å². The van der Waals surface area contributed by atoms with Crippen molar-refractivity contribution in [3.8, 4) is 0 Å². The first-order chi connectivity index (χ1) is 6.68. The Bertz CT molecular complexity index is 177. The minimum atomic E-state index is -1.32. The van der Waals surface area contributed by atoms with Crippen molar-refractivity contribution in [2.24, 2.45) is 0 Å². The summed E-state index contributed by atoms with van der Waals surface area (Å²) in [6, 6.07) is 0. The number of carboxylic acid groups (broad SMARTS) is 1. The molecule has 0 aliphatic heterocycles. The van der Waals surface area contributed by atoms with E-state index in [1.54, 1.807) is 7.11 Å². The van der Waals surface area contributed by atoms with E-state index >= 15 is 0 Å². The van der Waals surface area contributed by atoms with E-state index in [9.17, 15) is 9.59 Å². The topological polar surface area (TPSA) is 63.6 Å². The standard InChI is InChI=1S/C10H18O4/c1-14-8-6-4-2-3-5-7-9(11)10(12)13/h2-8H2,1H3,(H,12,13). The van der Waals surface area contributed by atoms with Gasteiger partial charge in [-0.25, -0.2) is 4.79 Å². The Morgan fingerprint density at radius 2 is 1.64 bits per heavy atom. The fourth-order valence-corrected chi connectivity index (χ4v) is 1.17. The quantitative estimate of drug-likeness (QED) is 0.456. The van der Waals surface area contributed by atoms with Gasteiger partial charge >= 0.3 is 5.97 Å². The van der Waals surface area contributed by atoms with E-state index in [0.717, 1.165) is 32.3 Å². The minimum absolute atomic E-state index is 0.166. The number of carboxylic acids is 1. The Labute approximate surface area is 84.3 Å². The van der Waals surface area contributed by atoms with Gasteiger partial charge in [0.05, 0.1) is 0 Å². The van der Waals surface area contributed by atoms with Crippen molar-refractivity contribution in [1.29, 1.82) is 0 Å². The van der Waals surface area contributed by atoms with Crippen LogP contribution in [-0.2, 0) is 14.3 Å². The molecule has 0 aromatic carbocycles. The Balaban J connectivity index is 3.13. The number of hydrogen-bond donors (Lipinski definition) is 1. The third-order valence-corrected chi connectivity index (χ3v) is 1.99. The smallest absolute Gasteiger partial charge is 0.372 e. The van der Waals surface area contributed by atoms with Crippen LogP contribution in [0.3, 0.4) is 0 Å². The van der Waals surface area contributed by atoms with Crippen LogP contribution in [0, 0.1) is 0 Å². The lowest BCUT2D eigenvalue weighted by Gasteiger charge is -1.99. The highest BCUT2D eigenvalue weighted by molar-refractivity contribution is 6.32. The maximum Gasteiger partial charge on any atom is 0.372 e. The molecule has 0 rings (SSSR count). The third kappa shape index (κ3) is 7.73. The van der Waals surface area contributed by atoms with Gasteiger partial charge in [-0.1, -0.05) is 19.3 Å². The number of Topliss-reactive ketones (excluding diaryl/α,β-unsaturated/α-hetero) is 1. The monoisotopic (exact) mass is 202 g/mol. The predicted molar refractivity (Wildman–Crippen MR) is 52.2 cm³/mol. The van der Waals surface area contributed by atoms with Crippen LogP contribution in [0.2, 0.25) is 0 Å². The normalized spacial score (nSPS) is 10.1. The van der Waals surface area contributed by atoms with Crippen molar-refractivity contribution in [3.63, 3.8) is 0 Å². The van der Waals surface area contributed by atoms with Gasteiger partial charge in [0.25, 0.3) is 0 Å². The van der Waals surface area contributed by atoms with Crippen LogP contribution in [0.1, 0.15) is 38.5 Å². The zero-order chi connectivity index (χ0) is 10.8. The number of methoxy groups -OCH3 is 1. The first-order valence-corrected chi connectivity index (χ1v) is 4.93. The number of carbonyl (C=O) groups is 2. The molecule has 82 valence electrons. The lowest BCUT2D eigenvalue weighted by Crippen LogP contribution is -2.11. The van der Waals surface area contributed by atoms with Crippen LogP contribution in [0.15, 0.2) is 0 Å². The molecule has 0 unspecified atom stereocenters. The lowest BCUT2D eigenvalue weighted by atomic mass is 10.1. The number of ketones is 1. The summed E-state index contributed by atoms with van der Waals surface area (Å²) in [5, 5.41) is 8.29. The van der Waals surface area contributed by atoms with Gasteiger partial charge < -0.3 is 9.84 Å². The summed E-state index contributed by atoms with van der Waals surface area (Å²) in [5.74, 6) is -1.99. The van der Waals surface area contributed by atoms with E-state index in [0.29, 0.717) is 6.42 Å². The molecule has 0 aromatic heterocycles. The van der Waals surface area contributed by atoms with Crippen molar-refractivity contribution in [2.45, 2.75) is 38.5 Å². The number of ether oxygens (including phenoxy) is 1. The van der Waals surface area contributed by atoms with Gasteiger partial charge in [-0.3, -0.25) is 4.79 Å². The lowest BCUT2D eigenvalue weighted by molar-refractivity contribution is -0.149. The molecule has 0 amide bonds. The van der Waals surface area contributed by atoms with Gasteiger partial charge in [-0.15, -0.1) is 0 Å². The Hall–Kier alpha value is -0.900. The molecular formula is C10H18O4. The van der Waals surface area contributed by atoms with E-state index in [4.69, 9.17) is 9.84 Å². The molecule has 14 heavy (non-hydrogen) atoms. The van der Waals surface area contributed by atoms with Gasteiger partial charge in [0, 0.05) is 20.1 Å².